The molecule has 0 spiro atoms. The van der Waals surface area contributed by atoms with Crippen LogP contribution in [0.2, 0.25) is 0 Å². The smallest absolute Gasteiger partial charge is 0.489 e. The molecule has 0 amide bonds. The van der Waals surface area contributed by atoms with E-state index in [0.717, 1.165) is 36.0 Å². The van der Waals surface area contributed by atoms with Crippen molar-refractivity contribution in [3.63, 3.8) is 0 Å². The van der Waals surface area contributed by atoms with Crippen molar-refractivity contribution in [3.8, 4) is 0 Å². The van der Waals surface area contributed by atoms with Gasteiger partial charge in [0.25, 0.3) is 0 Å². The number of hydrogen-bond donors (Lipinski definition) is 1. The fraction of sp³-hybridized carbons (Fsp3) is 0.596. The number of rotatable bonds is 30. The highest BCUT2D eigenvalue weighted by molar-refractivity contribution is 14.1. The van der Waals surface area contributed by atoms with Gasteiger partial charge in [0.05, 0.1) is 25.9 Å². The van der Waals surface area contributed by atoms with Crippen molar-refractivity contribution in [2.24, 2.45) is 0 Å². The van der Waals surface area contributed by atoms with E-state index in [9.17, 15) is 9.90 Å². The lowest BCUT2D eigenvalue weighted by molar-refractivity contribution is -0.263. The molecular weight excluding hydrogens is 830 g/mol. The third kappa shape index (κ3) is 18.0. The lowest BCUT2D eigenvalue weighted by Crippen LogP contribution is -2.67. The summed E-state index contributed by atoms with van der Waals surface area (Å²) >= 11 is 1.24. The topological polar surface area (TPSA) is 83.5 Å². The molecule has 1 N–H and O–H groups in total. The fourth-order valence-corrected chi connectivity index (χ4v) is 9.39. The first kappa shape index (κ1) is 46.9. The van der Waals surface area contributed by atoms with Crippen LogP contribution in [0.3, 0.4) is 0 Å². The van der Waals surface area contributed by atoms with Crippen molar-refractivity contribution in [3.05, 3.63) is 108 Å². The average molecular weight is 899 g/mol. The average Bonchev–Trinajstić information content (AvgIpc) is 3.23. The van der Waals surface area contributed by atoms with E-state index in [-0.39, 0.29) is 12.6 Å². The van der Waals surface area contributed by atoms with Crippen LogP contribution in [0.25, 0.3) is 0 Å². The minimum absolute atomic E-state index is 0.259. The van der Waals surface area contributed by atoms with Crippen molar-refractivity contribution in [2.45, 2.75) is 179 Å². The van der Waals surface area contributed by atoms with Gasteiger partial charge in [-0.15, -0.1) is 0 Å². The van der Waals surface area contributed by atoms with Gasteiger partial charge >= 0.3 is 18.2 Å². The third-order valence-corrected chi connectivity index (χ3v) is 12.4. The highest BCUT2D eigenvalue weighted by Gasteiger charge is 2.54. The van der Waals surface area contributed by atoms with Crippen LogP contribution >= 0.6 is 20.3 Å². The first-order valence-electron chi connectivity index (χ1n) is 21.6. The zero-order chi connectivity index (χ0) is 39.5. The Hall–Kier alpha value is -1.81. The summed E-state index contributed by atoms with van der Waals surface area (Å²) in [5.74, 6) is -0.334. The van der Waals surface area contributed by atoms with Crippen LogP contribution in [0.5, 0.6) is 0 Å². The van der Waals surface area contributed by atoms with E-state index in [0.29, 0.717) is 19.6 Å². The second-order valence-corrected chi connectivity index (χ2v) is 17.8. The maximum absolute atomic E-state index is 13.5. The molecule has 308 valence electrons. The molecule has 0 bridgehead atoms. The van der Waals surface area contributed by atoms with E-state index in [2.05, 4.69) is 27.2 Å². The number of carbonyl (C=O) groups is 1. The molecule has 0 saturated heterocycles. The molecule has 3 aromatic rings. The molecule has 0 aliphatic heterocycles. The number of aliphatic hydroxyl groups is 1. The number of benzene rings is 3. The summed E-state index contributed by atoms with van der Waals surface area (Å²) in [6, 6.07) is 29.8. The van der Waals surface area contributed by atoms with Gasteiger partial charge in [0.15, 0.2) is 6.10 Å². The molecule has 7 nitrogen and oxygen atoms in total. The first-order chi connectivity index (χ1) is 27.6. The Labute approximate surface area is 355 Å². The Morgan fingerprint density at radius 2 is 0.857 bits per heavy atom. The predicted molar refractivity (Wildman–Crippen MR) is 236 cm³/mol. The first-order valence-corrected chi connectivity index (χ1v) is 27.3. The van der Waals surface area contributed by atoms with Gasteiger partial charge in [-0.2, -0.15) is 20.3 Å². The minimum atomic E-state index is -1.16. The number of hydrogen-bond acceptors (Lipinski definition) is 7. The normalized spacial score (nSPS) is 20.8. The molecule has 1 saturated carbocycles. The summed E-state index contributed by atoms with van der Waals surface area (Å²) in [7, 11) is 0. The number of aliphatic hydroxyl groups excluding tert-OH is 1. The molecule has 1 unspecified atom stereocenters. The summed E-state index contributed by atoms with van der Waals surface area (Å²) < 4.78 is 32.4. The summed E-state index contributed by atoms with van der Waals surface area (Å²) in [6.45, 7) is 3.14. The second kappa shape index (κ2) is 29.4. The number of carbonyl (C=O) groups excluding carboxylic acids is 1. The monoisotopic (exact) mass is 898 g/mol. The highest BCUT2D eigenvalue weighted by Crippen LogP contribution is 2.34. The van der Waals surface area contributed by atoms with E-state index >= 15 is 0 Å². The van der Waals surface area contributed by atoms with Gasteiger partial charge in [0.1, 0.15) is 24.4 Å². The molecule has 0 heterocycles. The third-order valence-electron chi connectivity index (χ3n) is 10.8. The van der Waals surface area contributed by atoms with Crippen molar-refractivity contribution < 1.29 is 32.6 Å². The Morgan fingerprint density at radius 1 is 0.518 bits per heavy atom. The number of esters is 1. The number of unbranched alkanes of at least 4 members (excludes halogenated alkanes) is 16. The van der Waals surface area contributed by atoms with Crippen LogP contribution < -0.4 is 0 Å². The fourth-order valence-electron chi connectivity index (χ4n) is 7.61. The van der Waals surface area contributed by atoms with E-state index < -0.39 is 48.9 Å². The highest BCUT2D eigenvalue weighted by atomic mass is 127. The molecule has 4 rings (SSSR count). The standard InChI is InChI=1S/C47H67O7.Al.HI.H/c1-2-3-4-5-6-7-8-9-10-11-12-13-14-15-16-17-27-34-41(48)54-45-43(50)42(49)44(51-35-38-28-21-18-22-29-38)46(52-36-39-30-23-19-24-31-39)47(45)53-37-40-32-25-20-26-33-40;;;/h18-26,28-33,42-47,50H,2-17,27,34-37H2,1H3;;1H;/q-1;+2;;/p-1/t42-,43-,44+,45-,46-,47?;;;/m0.../s1. The van der Waals surface area contributed by atoms with Crippen LogP contribution in [0.15, 0.2) is 91.0 Å². The molecule has 56 heavy (non-hydrogen) atoms. The SMILES string of the molecule is CCCCCCCCCCCCCCCCCCCC(=O)O[C@@H]1C(OCc2ccccc2)[C@@H](OCc2ccccc2)[C@H](OCc2ccccc2)[C@@H]([O][AlH][I])[C@@H]1O. The van der Waals surface area contributed by atoms with Gasteiger partial charge in [0, 0.05) is 6.42 Å². The van der Waals surface area contributed by atoms with Crippen molar-refractivity contribution in [2.75, 3.05) is 0 Å². The van der Waals surface area contributed by atoms with Crippen LogP contribution in [0.4, 0.5) is 0 Å². The maximum Gasteiger partial charge on any atom is 0.526 e. The van der Waals surface area contributed by atoms with Gasteiger partial charge in [-0.1, -0.05) is 201 Å². The van der Waals surface area contributed by atoms with Gasteiger partial charge in [-0.3, -0.25) is 4.79 Å². The van der Waals surface area contributed by atoms with Gasteiger partial charge in [-0.25, -0.2) is 0 Å². The predicted octanol–water partition coefficient (Wildman–Crippen LogP) is 11.2. The van der Waals surface area contributed by atoms with E-state index in [1.54, 1.807) is 0 Å². The van der Waals surface area contributed by atoms with Crippen molar-refractivity contribution >= 4 is 38.5 Å². The molecule has 6 atom stereocenters. The van der Waals surface area contributed by atoms with Crippen LogP contribution in [0, 0.1) is 0 Å². The van der Waals surface area contributed by atoms with E-state index in [4.69, 9.17) is 22.7 Å². The Kier molecular flexibility index (Phi) is 24.6. The van der Waals surface area contributed by atoms with Gasteiger partial charge in [0.2, 0.25) is 0 Å². The van der Waals surface area contributed by atoms with Gasteiger partial charge in [-0.05, 0) is 23.1 Å². The number of halogens is 1. The van der Waals surface area contributed by atoms with Crippen LogP contribution in [-0.4, -0.2) is 60.0 Å². The van der Waals surface area contributed by atoms with Crippen LogP contribution in [-0.2, 0) is 47.4 Å². The summed E-state index contributed by atoms with van der Waals surface area (Å²) in [5.41, 5.74) is 2.96. The zero-order valence-electron chi connectivity index (χ0n) is 34.0. The molecule has 1 aliphatic rings. The zero-order valence-corrected chi connectivity index (χ0v) is 37.5. The Morgan fingerprint density at radius 3 is 1.23 bits per heavy atom. The largest absolute Gasteiger partial charge is 0.526 e. The molecule has 9 heteroatoms. The molecule has 1 fully saturated rings. The Bertz CT molecular complexity index is 1400. The maximum atomic E-state index is 13.5. The lowest BCUT2D eigenvalue weighted by atomic mass is 9.84. The van der Waals surface area contributed by atoms with E-state index in [1.165, 1.54) is 89.9 Å². The molecular formula is C47H68AlIO7. The molecule has 0 aromatic heterocycles. The molecule has 1 aliphatic carbocycles. The summed E-state index contributed by atoms with van der Waals surface area (Å²) in [6.07, 6.45) is 17.1. The van der Waals surface area contributed by atoms with Gasteiger partial charge < -0.3 is 27.8 Å². The van der Waals surface area contributed by atoms with Crippen molar-refractivity contribution in [1.29, 1.82) is 0 Å². The van der Waals surface area contributed by atoms with E-state index in [1.807, 2.05) is 91.0 Å². The quantitative estimate of drug-likeness (QED) is 0.0309. The molecule has 3 aromatic carbocycles. The van der Waals surface area contributed by atoms with Crippen molar-refractivity contribution in [1.82, 2.24) is 0 Å². The summed E-state index contributed by atoms with van der Waals surface area (Å²) in [5, 5.41) is 12.0. The van der Waals surface area contributed by atoms with Crippen LogP contribution in [0.1, 0.15) is 139 Å². The second-order valence-electron chi connectivity index (χ2n) is 15.4. The Balaban J connectivity index is 1.31. The summed E-state index contributed by atoms with van der Waals surface area (Å²) in [4.78, 5) is 13.5. The lowest BCUT2D eigenvalue weighted by Gasteiger charge is -2.48. The minimum Gasteiger partial charge on any atom is -0.489 e. The molecule has 0 radical (unpaired) electrons. The number of ether oxygens (including phenoxy) is 4.